The molecule has 0 bridgehead atoms. The molecule has 3 nitrogen and oxygen atoms in total. The minimum atomic E-state index is 0.221. The van der Waals surface area contributed by atoms with Crippen LogP contribution in [0.4, 0.5) is 11.4 Å². The van der Waals surface area contributed by atoms with Crippen molar-refractivity contribution in [3.8, 4) is 6.07 Å². The van der Waals surface area contributed by atoms with Crippen LogP contribution in [-0.2, 0) is 6.54 Å². The van der Waals surface area contributed by atoms with Gasteiger partial charge in [0, 0.05) is 13.1 Å². The SMILES string of the molecule is N#Cc1ccc(CN2CC3(CCCCC3)Nc3ccccc32)cc1. The highest BCUT2D eigenvalue weighted by Gasteiger charge is 2.38. The Morgan fingerprint density at radius 3 is 2.50 bits per heavy atom. The minimum Gasteiger partial charge on any atom is -0.376 e. The van der Waals surface area contributed by atoms with E-state index in [9.17, 15) is 0 Å². The zero-order valence-electron chi connectivity index (χ0n) is 14.0. The predicted octanol–water partition coefficient (Wildman–Crippen LogP) is 4.69. The Morgan fingerprint density at radius 1 is 1.00 bits per heavy atom. The van der Waals surface area contributed by atoms with Gasteiger partial charge in [0.1, 0.15) is 0 Å². The fraction of sp³-hybridized carbons (Fsp3) is 0.381. The van der Waals surface area contributed by atoms with Gasteiger partial charge in [0.15, 0.2) is 0 Å². The van der Waals surface area contributed by atoms with E-state index in [4.69, 9.17) is 5.26 Å². The summed E-state index contributed by atoms with van der Waals surface area (Å²) in [6.07, 6.45) is 6.51. The average Bonchev–Trinajstić information content (AvgIpc) is 2.63. The van der Waals surface area contributed by atoms with E-state index in [1.54, 1.807) is 0 Å². The molecule has 24 heavy (non-hydrogen) atoms. The highest BCUT2D eigenvalue weighted by molar-refractivity contribution is 5.73. The molecule has 0 amide bonds. The molecule has 1 saturated carbocycles. The van der Waals surface area contributed by atoms with Gasteiger partial charge in [-0.15, -0.1) is 0 Å². The van der Waals surface area contributed by atoms with Gasteiger partial charge in [-0.3, -0.25) is 0 Å². The Hall–Kier alpha value is -2.47. The molecule has 0 atom stereocenters. The van der Waals surface area contributed by atoms with E-state index in [-0.39, 0.29) is 5.54 Å². The van der Waals surface area contributed by atoms with Crippen molar-refractivity contribution in [3.05, 3.63) is 59.7 Å². The van der Waals surface area contributed by atoms with Crippen molar-refractivity contribution >= 4 is 11.4 Å². The van der Waals surface area contributed by atoms with Crippen molar-refractivity contribution < 1.29 is 0 Å². The summed E-state index contributed by atoms with van der Waals surface area (Å²) in [6, 6.07) is 18.8. The molecule has 1 aliphatic heterocycles. The molecule has 2 aromatic rings. The lowest BCUT2D eigenvalue weighted by Gasteiger charge is -2.48. The molecule has 0 saturated heterocycles. The second-order valence-corrected chi connectivity index (χ2v) is 7.15. The maximum atomic E-state index is 8.98. The quantitative estimate of drug-likeness (QED) is 0.873. The summed E-state index contributed by atoms with van der Waals surface area (Å²) in [7, 11) is 0. The summed E-state index contributed by atoms with van der Waals surface area (Å²) in [5.74, 6) is 0. The molecule has 122 valence electrons. The Kier molecular flexibility index (Phi) is 3.90. The summed E-state index contributed by atoms with van der Waals surface area (Å²) in [4.78, 5) is 2.51. The third kappa shape index (κ3) is 2.85. The number of fused-ring (bicyclic) bond motifs is 1. The van der Waals surface area contributed by atoms with E-state index in [1.807, 2.05) is 12.1 Å². The van der Waals surface area contributed by atoms with Crippen LogP contribution in [0.15, 0.2) is 48.5 Å². The Balaban J connectivity index is 1.63. The van der Waals surface area contributed by atoms with Gasteiger partial charge in [0.2, 0.25) is 0 Å². The van der Waals surface area contributed by atoms with E-state index >= 15 is 0 Å². The van der Waals surface area contributed by atoms with E-state index < -0.39 is 0 Å². The van der Waals surface area contributed by atoms with Crippen LogP contribution in [0.3, 0.4) is 0 Å². The predicted molar refractivity (Wildman–Crippen MR) is 98.1 cm³/mol. The van der Waals surface area contributed by atoms with Crippen LogP contribution in [0.5, 0.6) is 0 Å². The number of nitriles is 1. The molecule has 1 heterocycles. The topological polar surface area (TPSA) is 39.1 Å². The molecule has 0 radical (unpaired) electrons. The molecule has 0 unspecified atom stereocenters. The first kappa shape index (κ1) is 15.1. The van der Waals surface area contributed by atoms with E-state index in [2.05, 4.69) is 52.7 Å². The first-order chi connectivity index (χ1) is 11.8. The molecule has 3 heteroatoms. The van der Waals surface area contributed by atoms with Crippen LogP contribution in [-0.4, -0.2) is 12.1 Å². The monoisotopic (exact) mass is 317 g/mol. The number of nitrogens with zero attached hydrogens (tertiary/aromatic N) is 2. The molecule has 4 rings (SSSR count). The number of hydrogen-bond donors (Lipinski definition) is 1. The lowest BCUT2D eigenvalue weighted by atomic mass is 9.79. The van der Waals surface area contributed by atoms with Gasteiger partial charge in [-0.1, -0.05) is 43.5 Å². The number of nitrogens with one attached hydrogen (secondary N) is 1. The standard InChI is InChI=1S/C21H23N3/c22-14-17-8-10-18(11-9-17)15-24-16-21(12-4-1-5-13-21)23-19-6-2-3-7-20(19)24/h2-3,6-11,23H,1,4-5,12-13,15-16H2. The molecule has 1 aliphatic carbocycles. The van der Waals surface area contributed by atoms with Gasteiger partial charge in [0.05, 0.1) is 28.5 Å². The average molecular weight is 317 g/mol. The highest BCUT2D eigenvalue weighted by atomic mass is 15.2. The molecule has 1 N–H and O–H groups in total. The highest BCUT2D eigenvalue weighted by Crippen LogP contribution is 2.41. The van der Waals surface area contributed by atoms with E-state index in [1.165, 1.54) is 49.0 Å². The zero-order chi connectivity index (χ0) is 16.4. The fourth-order valence-electron chi connectivity index (χ4n) is 4.19. The molecular formula is C21H23N3. The first-order valence-electron chi connectivity index (χ1n) is 8.89. The van der Waals surface area contributed by atoms with Gasteiger partial charge in [0.25, 0.3) is 0 Å². The van der Waals surface area contributed by atoms with Crippen LogP contribution in [0, 0.1) is 11.3 Å². The molecule has 0 aromatic heterocycles. The van der Waals surface area contributed by atoms with Gasteiger partial charge >= 0.3 is 0 Å². The van der Waals surface area contributed by atoms with Crippen LogP contribution in [0.25, 0.3) is 0 Å². The summed E-state index contributed by atoms with van der Waals surface area (Å²) >= 11 is 0. The summed E-state index contributed by atoms with van der Waals surface area (Å²) in [5.41, 5.74) is 4.76. The maximum absolute atomic E-state index is 8.98. The van der Waals surface area contributed by atoms with Crippen molar-refractivity contribution in [2.45, 2.75) is 44.2 Å². The van der Waals surface area contributed by atoms with Crippen molar-refractivity contribution in [2.24, 2.45) is 0 Å². The normalized spacial score (nSPS) is 18.5. The summed E-state index contributed by atoms with van der Waals surface area (Å²) < 4.78 is 0. The number of rotatable bonds is 2. The van der Waals surface area contributed by atoms with Crippen LogP contribution in [0.1, 0.15) is 43.2 Å². The molecular weight excluding hydrogens is 294 g/mol. The van der Waals surface area contributed by atoms with Gasteiger partial charge < -0.3 is 10.2 Å². The first-order valence-corrected chi connectivity index (χ1v) is 8.89. The fourth-order valence-corrected chi connectivity index (χ4v) is 4.19. The third-order valence-corrected chi connectivity index (χ3v) is 5.41. The zero-order valence-corrected chi connectivity index (χ0v) is 14.0. The van der Waals surface area contributed by atoms with Crippen LogP contribution >= 0.6 is 0 Å². The third-order valence-electron chi connectivity index (χ3n) is 5.41. The van der Waals surface area contributed by atoms with E-state index in [0.717, 1.165) is 18.7 Å². The maximum Gasteiger partial charge on any atom is 0.0991 e. The van der Waals surface area contributed by atoms with Crippen molar-refractivity contribution in [1.29, 1.82) is 5.26 Å². The Labute approximate surface area is 143 Å². The number of para-hydroxylation sites is 2. The van der Waals surface area contributed by atoms with Gasteiger partial charge in [-0.25, -0.2) is 0 Å². The van der Waals surface area contributed by atoms with Crippen molar-refractivity contribution in [1.82, 2.24) is 0 Å². The van der Waals surface area contributed by atoms with E-state index in [0.29, 0.717) is 0 Å². The molecule has 1 spiro atoms. The Bertz CT molecular complexity index is 751. The second kappa shape index (κ2) is 6.20. The van der Waals surface area contributed by atoms with Crippen molar-refractivity contribution in [2.75, 3.05) is 16.8 Å². The smallest absolute Gasteiger partial charge is 0.0991 e. The number of benzene rings is 2. The number of hydrogen-bond acceptors (Lipinski definition) is 3. The lowest BCUT2D eigenvalue weighted by Crippen LogP contribution is -2.53. The second-order valence-electron chi connectivity index (χ2n) is 7.15. The Morgan fingerprint density at radius 2 is 1.75 bits per heavy atom. The minimum absolute atomic E-state index is 0.221. The van der Waals surface area contributed by atoms with Gasteiger partial charge in [-0.05, 0) is 42.7 Å². The van der Waals surface area contributed by atoms with Gasteiger partial charge in [-0.2, -0.15) is 5.26 Å². The summed E-state index contributed by atoms with van der Waals surface area (Å²) in [6.45, 7) is 1.95. The number of anilines is 2. The van der Waals surface area contributed by atoms with Crippen LogP contribution < -0.4 is 10.2 Å². The molecule has 2 aliphatic rings. The van der Waals surface area contributed by atoms with Crippen LogP contribution in [0.2, 0.25) is 0 Å². The van der Waals surface area contributed by atoms with Crippen molar-refractivity contribution in [3.63, 3.8) is 0 Å². The molecule has 1 fully saturated rings. The largest absolute Gasteiger partial charge is 0.376 e. The molecule has 2 aromatic carbocycles. The lowest BCUT2D eigenvalue weighted by molar-refractivity contribution is 0.318. The summed E-state index contributed by atoms with van der Waals surface area (Å²) in [5, 5.41) is 12.8.